The van der Waals surface area contributed by atoms with Crippen molar-refractivity contribution in [3.05, 3.63) is 46.3 Å². The fraction of sp³-hybridized carbons (Fsp3) is 0.455. The zero-order valence-electron chi connectivity index (χ0n) is 8.74. The molecule has 0 aliphatic carbocycles. The lowest BCUT2D eigenvalue weighted by atomic mass is 10.0. The van der Waals surface area contributed by atoms with Crippen LogP contribution in [0.5, 0.6) is 0 Å². The molecule has 0 bridgehead atoms. The molecule has 80 valence electrons. The second-order valence-electron chi connectivity index (χ2n) is 3.44. The van der Waals surface area contributed by atoms with Crippen molar-refractivity contribution in [2.24, 2.45) is 5.11 Å². The largest absolute Gasteiger partial charge is 0.393 e. The van der Waals surface area contributed by atoms with Gasteiger partial charge in [-0.15, -0.1) is 0 Å². The average molecular weight is 205 g/mol. The summed E-state index contributed by atoms with van der Waals surface area (Å²) in [7, 11) is 0. The van der Waals surface area contributed by atoms with Crippen LogP contribution in [0.1, 0.15) is 18.9 Å². The predicted octanol–water partition coefficient (Wildman–Crippen LogP) is 2.68. The van der Waals surface area contributed by atoms with E-state index in [2.05, 4.69) is 10.0 Å². The fourth-order valence-corrected chi connectivity index (χ4v) is 1.45. The second kappa shape index (κ2) is 6.06. The lowest BCUT2D eigenvalue weighted by Gasteiger charge is -2.16. The van der Waals surface area contributed by atoms with Crippen molar-refractivity contribution in [1.82, 2.24) is 0 Å². The Bertz CT molecular complexity index is 333. The number of benzene rings is 1. The van der Waals surface area contributed by atoms with Crippen LogP contribution >= 0.6 is 0 Å². The van der Waals surface area contributed by atoms with Gasteiger partial charge >= 0.3 is 0 Å². The Balaban J connectivity index is 2.71. The van der Waals surface area contributed by atoms with Crippen LogP contribution in [0.4, 0.5) is 0 Å². The second-order valence-corrected chi connectivity index (χ2v) is 3.44. The molecule has 0 spiro atoms. The topological polar surface area (TPSA) is 69.0 Å². The quantitative estimate of drug-likeness (QED) is 0.448. The number of hydrogen-bond donors (Lipinski definition) is 1. The van der Waals surface area contributed by atoms with Gasteiger partial charge in [-0.1, -0.05) is 42.4 Å². The van der Waals surface area contributed by atoms with E-state index < -0.39 is 6.10 Å². The molecule has 4 heteroatoms. The number of aliphatic hydroxyl groups excluding tert-OH is 1. The Hall–Kier alpha value is -1.51. The maximum Gasteiger partial charge on any atom is 0.0673 e. The Labute approximate surface area is 89.2 Å². The summed E-state index contributed by atoms with van der Waals surface area (Å²) in [5.41, 5.74) is 9.48. The third kappa shape index (κ3) is 3.62. The van der Waals surface area contributed by atoms with Crippen molar-refractivity contribution in [3.63, 3.8) is 0 Å². The van der Waals surface area contributed by atoms with Gasteiger partial charge in [0.1, 0.15) is 0 Å². The van der Waals surface area contributed by atoms with Gasteiger partial charge in [0.25, 0.3) is 0 Å². The molecule has 15 heavy (non-hydrogen) atoms. The highest BCUT2D eigenvalue weighted by Crippen LogP contribution is 2.11. The summed E-state index contributed by atoms with van der Waals surface area (Å²) in [5, 5.41) is 13.3. The van der Waals surface area contributed by atoms with Crippen LogP contribution in [0.15, 0.2) is 35.4 Å². The fourth-order valence-electron chi connectivity index (χ4n) is 1.45. The van der Waals surface area contributed by atoms with Crippen LogP contribution in [0.25, 0.3) is 10.4 Å². The smallest absolute Gasteiger partial charge is 0.0673 e. The summed E-state index contributed by atoms with van der Waals surface area (Å²) >= 11 is 0. The van der Waals surface area contributed by atoms with Crippen molar-refractivity contribution in [1.29, 1.82) is 0 Å². The molecule has 1 N–H and O–H groups in total. The zero-order chi connectivity index (χ0) is 11.1. The summed E-state index contributed by atoms with van der Waals surface area (Å²) in [6.07, 6.45) is 0.609. The van der Waals surface area contributed by atoms with Gasteiger partial charge in [0, 0.05) is 4.91 Å². The zero-order valence-corrected chi connectivity index (χ0v) is 8.74. The predicted molar refractivity (Wildman–Crippen MR) is 59.4 cm³/mol. The molecule has 1 aromatic rings. The maximum absolute atomic E-state index is 9.65. The molecule has 2 atom stereocenters. The molecular weight excluding hydrogens is 190 g/mol. The summed E-state index contributed by atoms with van der Waals surface area (Å²) in [6.45, 7) is 1.87. The van der Waals surface area contributed by atoms with Gasteiger partial charge in [-0.2, -0.15) is 0 Å². The van der Waals surface area contributed by atoms with Crippen molar-refractivity contribution >= 4 is 0 Å². The van der Waals surface area contributed by atoms with Crippen LogP contribution in [0.3, 0.4) is 0 Å². The van der Waals surface area contributed by atoms with Gasteiger partial charge in [0.2, 0.25) is 0 Å². The summed E-state index contributed by atoms with van der Waals surface area (Å²) in [6, 6.07) is 9.34. The molecule has 0 heterocycles. The molecule has 0 radical (unpaired) electrons. The number of azide groups is 1. The first-order chi connectivity index (χ1) is 7.27. The van der Waals surface area contributed by atoms with Crippen molar-refractivity contribution in [2.45, 2.75) is 31.9 Å². The molecule has 0 fully saturated rings. The number of hydrogen-bond acceptors (Lipinski definition) is 2. The average Bonchev–Trinajstić information content (AvgIpc) is 2.29. The van der Waals surface area contributed by atoms with E-state index in [4.69, 9.17) is 5.53 Å². The molecule has 0 saturated heterocycles. The van der Waals surface area contributed by atoms with Crippen molar-refractivity contribution in [2.75, 3.05) is 0 Å². The van der Waals surface area contributed by atoms with Crippen LogP contribution in [0, 0.1) is 0 Å². The normalized spacial score (nSPS) is 14.0. The van der Waals surface area contributed by atoms with Gasteiger partial charge in [0.05, 0.1) is 12.1 Å². The van der Waals surface area contributed by atoms with E-state index in [1.54, 1.807) is 0 Å². The van der Waals surface area contributed by atoms with Crippen LogP contribution in [0.2, 0.25) is 0 Å². The molecule has 0 amide bonds. The molecular formula is C11H15N3O. The molecule has 4 nitrogen and oxygen atoms in total. The highest BCUT2D eigenvalue weighted by atomic mass is 16.3. The minimum Gasteiger partial charge on any atom is -0.393 e. The first kappa shape index (κ1) is 11.6. The van der Waals surface area contributed by atoms with E-state index in [1.807, 2.05) is 37.3 Å². The number of aliphatic hydroxyl groups is 1. The van der Waals surface area contributed by atoms with Crippen LogP contribution in [-0.4, -0.2) is 17.3 Å². The number of nitrogens with zero attached hydrogens (tertiary/aromatic N) is 3. The number of rotatable bonds is 5. The van der Waals surface area contributed by atoms with Gasteiger partial charge in [-0.3, -0.25) is 0 Å². The van der Waals surface area contributed by atoms with Crippen molar-refractivity contribution in [3.8, 4) is 0 Å². The Morgan fingerprint density at radius 1 is 1.40 bits per heavy atom. The molecule has 0 aromatic heterocycles. The van der Waals surface area contributed by atoms with E-state index in [0.29, 0.717) is 12.8 Å². The van der Waals surface area contributed by atoms with Crippen molar-refractivity contribution < 1.29 is 5.11 Å². The minimum absolute atomic E-state index is 0.373. The third-order valence-corrected chi connectivity index (χ3v) is 2.35. The van der Waals surface area contributed by atoms with Crippen LogP contribution < -0.4 is 0 Å². The van der Waals surface area contributed by atoms with Crippen LogP contribution in [-0.2, 0) is 6.42 Å². The monoisotopic (exact) mass is 205 g/mol. The van der Waals surface area contributed by atoms with E-state index in [1.165, 1.54) is 0 Å². The SMILES string of the molecule is CC[C@@H](O)[C@H](Cc1ccccc1)N=[N+]=[N-]. The van der Waals surface area contributed by atoms with E-state index in [9.17, 15) is 5.11 Å². The van der Waals surface area contributed by atoms with E-state index in [-0.39, 0.29) is 6.04 Å². The molecule has 1 aromatic carbocycles. The molecule has 1 rings (SSSR count). The molecule has 0 unspecified atom stereocenters. The standard InChI is InChI=1S/C11H15N3O/c1-2-11(15)10(13-14-12)8-9-6-4-3-5-7-9/h3-7,10-11,15H,2,8H2,1H3/t10-,11+/m0/s1. The Kier molecular flexibility index (Phi) is 4.68. The highest BCUT2D eigenvalue weighted by Gasteiger charge is 2.16. The summed E-state index contributed by atoms with van der Waals surface area (Å²) in [5.74, 6) is 0. The van der Waals surface area contributed by atoms with Gasteiger partial charge in [-0.25, -0.2) is 0 Å². The van der Waals surface area contributed by atoms with E-state index in [0.717, 1.165) is 5.56 Å². The van der Waals surface area contributed by atoms with Gasteiger partial charge < -0.3 is 5.11 Å². The molecule has 0 aliphatic heterocycles. The van der Waals surface area contributed by atoms with Gasteiger partial charge in [0.15, 0.2) is 0 Å². The highest BCUT2D eigenvalue weighted by molar-refractivity contribution is 5.16. The summed E-state index contributed by atoms with van der Waals surface area (Å²) < 4.78 is 0. The lowest BCUT2D eigenvalue weighted by molar-refractivity contribution is 0.140. The molecule has 0 aliphatic rings. The first-order valence-electron chi connectivity index (χ1n) is 5.04. The molecule has 0 saturated carbocycles. The van der Waals surface area contributed by atoms with E-state index >= 15 is 0 Å². The summed E-state index contributed by atoms with van der Waals surface area (Å²) in [4.78, 5) is 2.77. The van der Waals surface area contributed by atoms with Gasteiger partial charge in [-0.05, 0) is 23.9 Å². The maximum atomic E-state index is 9.65. The Morgan fingerprint density at radius 3 is 2.60 bits per heavy atom. The Morgan fingerprint density at radius 2 is 2.07 bits per heavy atom. The lowest BCUT2D eigenvalue weighted by Crippen LogP contribution is -2.25. The first-order valence-corrected chi connectivity index (χ1v) is 5.04. The third-order valence-electron chi connectivity index (χ3n) is 2.35. The minimum atomic E-state index is -0.568.